The predicted octanol–water partition coefficient (Wildman–Crippen LogP) is 3.64. The van der Waals surface area contributed by atoms with E-state index in [2.05, 4.69) is 10.3 Å². The van der Waals surface area contributed by atoms with Crippen molar-refractivity contribution >= 4 is 40.9 Å². The lowest BCUT2D eigenvalue weighted by molar-refractivity contribution is -0.144. The van der Waals surface area contributed by atoms with Crippen LogP contribution in [0.3, 0.4) is 0 Å². The minimum Gasteiger partial charge on any atom is -0.489 e. The van der Waals surface area contributed by atoms with Crippen molar-refractivity contribution in [2.24, 2.45) is 0 Å². The molecule has 1 aliphatic heterocycles. The highest BCUT2D eigenvalue weighted by Crippen LogP contribution is 2.37. The standard InChI is InChI=1S/C25H30Cl2N4O5/c1-16(32)28-11-4-3-5-20(23(33)30-35)31-12-10-25(2,24(31)34)18-6-8-19(9-7-18)36-15-17-13-21(26)29-22(27)14-17/h6-9,13-14,20,35H,3-5,10-12,15H2,1-2H3,(H,28,32)(H,30,33). The van der Waals surface area contributed by atoms with Crippen LogP contribution in [0.5, 0.6) is 5.75 Å². The number of carbonyl (C=O) groups excluding carboxylic acids is 3. The molecular weight excluding hydrogens is 507 g/mol. The molecule has 2 atom stereocenters. The van der Waals surface area contributed by atoms with Gasteiger partial charge in [0, 0.05) is 20.0 Å². The molecule has 1 aliphatic rings. The molecule has 194 valence electrons. The molecule has 0 radical (unpaired) electrons. The van der Waals surface area contributed by atoms with Crippen LogP contribution in [0.4, 0.5) is 0 Å². The van der Waals surface area contributed by atoms with Crippen molar-refractivity contribution in [3.05, 3.63) is 57.8 Å². The summed E-state index contributed by atoms with van der Waals surface area (Å²) in [5.74, 6) is -0.293. The third-order valence-corrected chi connectivity index (χ3v) is 6.76. The first-order chi connectivity index (χ1) is 17.1. The lowest BCUT2D eigenvalue weighted by atomic mass is 9.81. The van der Waals surface area contributed by atoms with Crippen molar-refractivity contribution in [1.29, 1.82) is 0 Å². The maximum absolute atomic E-state index is 13.5. The fourth-order valence-corrected chi connectivity index (χ4v) is 4.85. The topological polar surface area (TPSA) is 121 Å². The second-order valence-electron chi connectivity index (χ2n) is 8.99. The Balaban J connectivity index is 1.64. The number of rotatable bonds is 11. The Labute approximate surface area is 220 Å². The van der Waals surface area contributed by atoms with Crippen LogP contribution in [0.1, 0.15) is 50.7 Å². The number of amides is 3. The summed E-state index contributed by atoms with van der Waals surface area (Å²) in [5.41, 5.74) is 2.47. The van der Waals surface area contributed by atoms with Crippen LogP contribution in [0.2, 0.25) is 10.3 Å². The highest BCUT2D eigenvalue weighted by molar-refractivity contribution is 6.32. The first kappa shape index (κ1) is 27.7. The van der Waals surface area contributed by atoms with Crippen LogP contribution in [0.25, 0.3) is 0 Å². The molecule has 2 heterocycles. The smallest absolute Gasteiger partial charge is 0.266 e. The molecule has 9 nitrogen and oxygen atoms in total. The summed E-state index contributed by atoms with van der Waals surface area (Å²) >= 11 is 11.9. The van der Waals surface area contributed by atoms with E-state index in [1.165, 1.54) is 11.8 Å². The predicted molar refractivity (Wildman–Crippen MR) is 135 cm³/mol. The number of carbonyl (C=O) groups is 3. The number of likely N-dealkylation sites (tertiary alicyclic amines) is 1. The second kappa shape index (κ2) is 12.4. The molecule has 2 unspecified atom stereocenters. The number of benzene rings is 1. The van der Waals surface area contributed by atoms with Gasteiger partial charge in [0.2, 0.25) is 11.8 Å². The summed E-state index contributed by atoms with van der Waals surface area (Å²) in [7, 11) is 0. The van der Waals surface area contributed by atoms with Crippen molar-refractivity contribution < 1.29 is 24.3 Å². The van der Waals surface area contributed by atoms with E-state index in [1.807, 2.05) is 19.1 Å². The molecule has 1 aromatic heterocycles. The zero-order valence-corrected chi connectivity index (χ0v) is 21.7. The molecule has 1 saturated heterocycles. The van der Waals surface area contributed by atoms with Gasteiger partial charge in [-0.2, -0.15) is 0 Å². The number of hydrogen-bond donors (Lipinski definition) is 3. The maximum atomic E-state index is 13.5. The highest BCUT2D eigenvalue weighted by Gasteiger charge is 2.47. The third-order valence-electron chi connectivity index (χ3n) is 6.37. The van der Waals surface area contributed by atoms with E-state index in [0.717, 1.165) is 11.1 Å². The van der Waals surface area contributed by atoms with Gasteiger partial charge in [-0.05, 0) is 68.0 Å². The molecule has 1 fully saturated rings. The van der Waals surface area contributed by atoms with Gasteiger partial charge in [-0.15, -0.1) is 0 Å². The largest absolute Gasteiger partial charge is 0.489 e. The van der Waals surface area contributed by atoms with E-state index in [4.69, 9.17) is 27.9 Å². The van der Waals surface area contributed by atoms with E-state index < -0.39 is 17.4 Å². The number of unbranched alkanes of at least 4 members (excludes halogenated alkanes) is 1. The fraction of sp³-hybridized carbons (Fsp3) is 0.440. The fourth-order valence-electron chi connectivity index (χ4n) is 4.35. The van der Waals surface area contributed by atoms with Crippen LogP contribution in [0, 0.1) is 0 Å². The van der Waals surface area contributed by atoms with Crippen LogP contribution in [-0.2, 0) is 26.4 Å². The Hall–Kier alpha value is -2.88. The van der Waals surface area contributed by atoms with Crippen LogP contribution in [0.15, 0.2) is 36.4 Å². The minimum atomic E-state index is -0.811. The molecule has 0 aliphatic carbocycles. The van der Waals surface area contributed by atoms with Gasteiger partial charge in [0.15, 0.2) is 0 Å². The molecule has 2 aromatic rings. The molecule has 0 bridgehead atoms. The van der Waals surface area contributed by atoms with Gasteiger partial charge in [0.1, 0.15) is 28.7 Å². The quantitative estimate of drug-likeness (QED) is 0.174. The molecule has 3 amide bonds. The molecule has 1 aromatic carbocycles. The van der Waals surface area contributed by atoms with E-state index >= 15 is 0 Å². The average Bonchev–Trinajstić information content (AvgIpc) is 3.14. The number of nitrogens with one attached hydrogen (secondary N) is 2. The summed E-state index contributed by atoms with van der Waals surface area (Å²) in [6.07, 6.45) is 2.18. The van der Waals surface area contributed by atoms with Crippen molar-refractivity contribution in [3.63, 3.8) is 0 Å². The first-order valence-corrected chi connectivity index (χ1v) is 12.4. The van der Waals surface area contributed by atoms with E-state index in [1.54, 1.807) is 29.7 Å². The van der Waals surface area contributed by atoms with Crippen molar-refractivity contribution in [2.45, 2.75) is 57.6 Å². The monoisotopic (exact) mass is 536 g/mol. The normalized spacial score (nSPS) is 18.1. The van der Waals surface area contributed by atoms with Crippen LogP contribution < -0.4 is 15.5 Å². The van der Waals surface area contributed by atoms with Gasteiger partial charge < -0.3 is 15.0 Å². The number of hydroxylamine groups is 1. The zero-order valence-electron chi connectivity index (χ0n) is 20.2. The average molecular weight is 537 g/mol. The molecule has 11 heteroatoms. The van der Waals surface area contributed by atoms with E-state index in [-0.39, 0.29) is 28.7 Å². The molecule has 3 N–H and O–H groups in total. The lowest BCUT2D eigenvalue weighted by Gasteiger charge is -2.29. The molecule has 0 saturated carbocycles. The van der Waals surface area contributed by atoms with Crippen LogP contribution in [-0.4, -0.2) is 51.9 Å². The third kappa shape index (κ3) is 6.87. The van der Waals surface area contributed by atoms with E-state index in [0.29, 0.717) is 44.5 Å². The first-order valence-electron chi connectivity index (χ1n) is 11.7. The number of ether oxygens (including phenoxy) is 1. The molecule has 3 rings (SSSR count). The number of halogens is 2. The molecule has 36 heavy (non-hydrogen) atoms. The van der Waals surface area contributed by atoms with Gasteiger partial charge in [0.25, 0.3) is 5.91 Å². The maximum Gasteiger partial charge on any atom is 0.266 e. The van der Waals surface area contributed by atoms with Crippen molar-refractivity contribution in [3.8, 4) is 5.75 Å². The van der Waals surface area contributed by atoms with Gasteiger partial charge >= 0.3 is 0 Å². The Morgan fingerprint density at radius 3 is 2.47 bits per heavy atom. The SMILES string of the molecule is CC(=O)NCCCCC(C(=O)NO)N1CCC(C)(c2ccc(OCc3cc(Cl)nc(Cl)c3)cc2)C1=O. The zero-order chi connectivity index (χ0) is 26.3. The summed E-state index contributed by atoms with van der Waals surface area (Å²) in [6.45, 7) is 4.44. The van der Waals surface area contributed by atoms with Crippen molar-refractivity contribution in [1.82, 2.24) is 20.7 Å². The highest BCUT2D eigenvalue weighted by atomic mass is 35.5. The van der Waals surface area contributed by atoms with Crippen LogP contribution >= 0.6 is 23.2 Å². The summed E-state index contributed by atoms with van der Waals surface area (Å²) in [6, 6.07) is 9.83. The molecule has 0 spiro atoms. The van der Waals surface area contributed by atoms with E-state index in [9.17, 15) is 19.6 Å². The number of aromatic nitrogens is 1. The van der Waals surface area contributed by atoms with Gasteiger partial charge in [-0.1, -0.05) is 35.3 Å². The Bertz CT molecular complexity index is 1080. The number of hydrogen-bond acceptors (Lipinski definition) is 6. The minimum absolute atomic E-state index is 0.118. The lowest BCUT2D eigenvalue weighted by Crippen LogP contribution is -2.49. The number of pyridine rings is 1. The van der Waals surface area contributed by atoms with Gasteiger partial charge in [-0.25, -0.2) is 10.5 Å². The second-order valence-corrected chi connectivity index (χ2v) is 9.76. The van der Waals surface area contributed by atoms with Gasteiger partial charge in [0.05, 0.1) is 5.41 Å². The Morgan fingerprint density at radius 1 is 1.19 bits per heavy atom. The summed E-state index contributed by atoms with van der Waals surface area (Å²) in [5, 5.41) is 12.5. The molecular formula is C25H30Cl2N4O5. The summed E-state index contributed by atoms with van der Waals surface area (Å²) in [4.78, 5) is 42.3. The number of nitrogens with zero attached hydrogens (tertiary/aromatic N) is 2. The van der Waals surface area contributed by atoms with Gasteiger partial charge in [-0.3, -0.25) is 19.6 Å². The Morgan fingerprint density at radius 2 is 1.86 bits per heavy atom. The summed E-state index contributed by atoms with van der Waals surface area (Å²) < 4.78 is 5.82. The Kier molecular flexibility index (Phi) is 9.53. The van der Waals surface area contributed by atoms with Crippen molar-refractivity contribution in [2.75, 3.05) is 13.1 Å².